The molecule has 0 amide bonds. The Bertz CT molecular complexity index is 628. The summed E-state index contributed by atoms with van der Waals surface area (Å²) in [7, 11) is -2.98. The van der Waals surface area contributed by atoms with Crippen molar-refractivity contribution >= 4 is 33.0 Å². The molecule has 2 aliphatic rings. The monoisotopic (exact) mass is 295 g/mol. The summed E-state index contributed by atoms with van der Waals surface area (Å²) in [6, 6.07) is 9.38. The van der Waals surface area contributed by atoms with Crippen LogP contribution in [0.4, 0.5) is 0 Å². The van der Waals surface area contributed by atoms with Crippen LogP contribution in [-0.2, 0) is 9.84 Å². The minimum Gasteiger partial charge on any atom is -0.277 e. The van der Waals surface area contributed by atoms with Crippen LogP contribution in [0.5, 0.6) is 0 Å². The van der Waals surface area contributed by atoms with Gasteiger partial charge in [0.2, 0.25) is 0 Å². The molecule has 5 nitrogen and oxygen atoms in total. The van der Waals surface area contributed by atoms with E-state index in [9.17, 15) is 8.42 Å². The Labute approximate surface area is 116 Å². The SMILES string of the molecule is N=C1SC2CS(=O)(=O)CC2N1/N=C/c1ccccc1. The number of nitrogens with one attached hydrogen (secondary N) is 1. The lowest BCUT2D eigenvalue weighted by atomic mass is 10.2. The van der Waals surface area contributed by atoms with E-state index in [4.69, 9.17) is 5.41 Å². The number of nitrogens with zero attached hydrogens (tertiary/aromatic N) is 2. The highest BCUT2D eigenvalue weighted by atomic mass is 32.2. The van der Waals surface area contributed by atoms with Gasteiger partial charge in [-0.05, 0) is 5.56 Å². The van der Waals surface area contributed by atoms with Crippen LogP contribution in [0, 0.1) is 5.41 Å². The lowest BCUT2D eigenvalue weighted by Crippen LogP contribution is -2.32. The molecule has 2 heterocycles. The number of rotatable bonds is 2. The van der Waals surface area contributed by atoms with Crippen LogP contribution in [-0.4, -0.2) is 47.6 Å². The fraction of sp³-hybridized carbons (Fsp3) is 0.333. The highest BCUT2D eigenvalue weighted by molar-refractivity contribution is 8.15. The molecule has 2 atom stereocenters. The van der Waals surface area contributed by atoms with Crippen molar-refractivity contribution in [2.75, 3.05) is 11.5 Å². The standard InChI is InChI=1S/C12H13N3O2S2/c13-12-15(14-6-9-4-2-1-3-5-9)10-7-19(16,17)8-11(10)18-12/h1-6,10-11,13H,7-8H2/b13-12?,14-6+. The molecule has 0 bridgehead atoms. The summed E-state index contributed by atoms with van der Waals surface area (Å²) in [5.74, 6) is 0.251. The number of fused-ring (bicyclic) bond motifs is 1. The zero-order chi connectivity index (χ0) is 13.5. The number of hydrogen-bond acceptors (Lipinski definition) is 5. The first-order valence-corrected chi connectivity index (χ1v) is 8.59. The van der Waals surface area contributed by atoms with E-state index >= 15 is 0 Å². The number of hydrazone groups is 1. The Balaban J connectivity index is 1.81. The summed E-state index contributed by atoms with van der Waals surface area (Å²) >= 11 is 1.30. The second-order valence-corrected chi connectivity index (χ2v) is 7.99. The molecule has 100 valence electrons. The quantitative estimate of drug-likeness (QED) is 0.831. The number of sulfone groups is 1. The van der Waals surface area contributed by atoms with Gasteiger partial charge in [-0.2, -0.15) is 5.10 Å². The van der Waals surface area contributed by atoms with Gasteiger partial charge in [0.1, 0.15) is 0 Å². The summed E-state index contributed by atoms with van der Waals surface area (Å²) in [6.07, 6.45) is 1.67. The molecule has 0 spiro atoms. The molecule has 19 heavy (non-hydrogen) atoms. The summed E-state index contributed by atoms with van der Waals surface area (Å²) in [4.78, 5) is 0. The van der Waals surface area contributed by atoms with E-state index in [1.165, 1.54) is 16.8 Å². The maximum absolute atomic E-state index is 11.6. The molecule has 0 aromatic heterocycles. The normalized spacial score (nSPS) is 29.1. The lowest BCUT2D eigenvalue weighted by molar-refractivity contribution is 0.376. The first kappa shape index (κ1) is 12.7. The molecule has 2 unspecified atom stereocenters. The van der Waals surface area contributed by atoms with Gasteiger partial charge in [-0.15, -0.1) is 0 Å². The van der Waals surface area contributed by atoms with Gasteiger partial charge in [0, 0.05) is 5.25 Å². The highest BCUT2D eigenvalue weighted by Crippen LogP contribution is 2.37. The van der Waals surface area contributed by atoms with Crippen molar-refractivity contribution in [2.45, 2.75) is 11.3 Å². The topological polar surface area (TPSA) is 73.6 Å². The van der Waals surface area contributed by atoms with Crippen molar-refractivity contribution in [1.29, 1.82) is 5.41 Å². The Hall–Kier alpha value is -1.34. The van der Waals surface area contributed by atoms with Crippen LogP contribution in [0.15, 0.2) is 35.4 Å². The molecule has 1 N–H and O–H groups in total. The average molecular weight is 295 g/mol. The first-order chi connectivity index (χ1) is 9.05. The average Bonchev–Trinajstić information content (AvgIpc) is 2.79. The van der Waals surface area contributed by atoms with Crippen molar-refractivity contribution in [2.24, 2.45) is 5.10 Å². The smallest absolute Gasteiger partial charge is 0.177 e. The third kappa shape index (κ3) is 2.52. The molecule has 0 aliphatic carbocycles. The zero-order valence-corrected chi connectivity index (χ0v) is 11.7. The molecule has 0 radical (unpaired) electrons. The fourth-order valence-electron chi connectivity index (χ4n) is 2.29. The maximum atomic E-state index is 11.6. The minimum atomic E-state index is -2.98. The fourth-order valence-corrected chi connectivity index (χ4v) is 6.01. The Morgan fingerprint density at radius 1 is 1.32 bits per heavy atom. The number of thioether (sulfide) groups is 1. The third-order valence-corrected chi connectivity index (χ3v) is 6.31. The van der Waals surface area contributed by atoms with Crippen molar-refractivity contribution in [1.82, 2.24) is 5.01 Å². The van der Waals surface area contributed by atoms with Gasteiger partial charge >= 0.3 is 0 Å². The Kier molecular flexibility index (Phi) is 3.10. The van der Waals surface area contributed by atoms with Crippen molar-refractivity contribution in [3.05, 3.63) is 35.9 Å². The second kappa shape index (κ2) is 4.64. The predicted octanol–water partition coefficient (Wildman–Crippen LogP) is 1.17. The summed E-state index contributed by atoms with van der Waals surface area (Å²) in [6.45, 7) is 0. The van der Waals surface area contributed by atoms with E-state index in [0.29, 0.717) is 5.17 Å². The predicted molar refractivity (Wildman–Crippen MR) is 77.4 cm³/mol. The van der Waals surface area contributed by atoms with E-state index in [1.54, 1.807) is 6.21 Å². The lowest BCUT2D eigenvalue weighted by Gasteiger charge is -2.17. The molecule has 2 aliphatic heterocycles. The van der Waals surface area contributed by atoms with Crippen LogP contribution in [0.25, 0.3) is 0 Å². The zero-order valence-electron chi connectivity index (χ0n) is 10.1. The Morgan fingerprint density at radius 3 is 2.79 bits per heavy atom. The van der Waals surface area contributed by atoms with E-state index < -0.39 is 9.84 Å². The first-order valence-electron chi connectivity index (χ1n) is 5.89. The molecular weight excluding hydrogens is 282 g/mol. The summed E-state index contributed by atoms with van der Waals surface area (Å²) in [5.41, 5.74) is 0.935. The largest absolute Gasteiger partial charge is 0.277 e. The van der Waals surface area contributed by atoms with E-state index in [0.717, 1.165) is 5.56 Å². The molecule has 2 fully saturated rings. The van der Waals surface area contributed by atoms with E-state index in [1.807, 2.05) is 30.3 Å². The summed E-state index contributed by atoms with van der Waals surface area (Å²) in [5, 5.41) is 14.0. The van der Waals surface area contributed by atoms with E-state index in [-0.39, 0.29) is 22.8 Å². The van der Waals surface area contributed by atoms with Crippen LogP contribution >= 0.6 is 11.8 Å². The van der Waals surface area contributed by atoms with Crippen molar-refractivity contribution in [3.63, 3.8) is 0 Å². The molecule has 2 saturated heterocycles. The Morgan fingerprint density at radius 2 is 2.05 bits per heavy atom. The molecule has 1 aromatic rings. The second-order valence-electron chi connectivity index (χ2n) is 4.61. The van der Waals surface area contributed by atoms with Crippen LogP contribution in [0.3, 0.4) is 0 Å². The molecule has 3 rings (SSSR count). The number of amidine groups is 1. The van der Waals surface area contributed by atoms with Gasteiger partial charge in [-0.25, -0.2) is 13.4 Å². The number of hydrogen-bond donors (Lipinski definition) is 1. The van der Waals surface area contributed by atoms with Gasteiger partial charge in [0.25, 0.3) is 0 Å². The summed E-state index contributed by atoms with van der Waals surface area (Å²) < 4.78 is 23.2. The maximum Gasteiger partial charge on any atom is 0.177 e. The molecule has 7 heteroatoms. The molecule has 1 aromatic carbocycles. The van der Waals surface area contributed by atoms with Gasteiger partial charge in [0.05, 0.1) is 23.8 Å². The van der Waals surface area contributed by atoms with Crippen LogP contribution in [0.1, 0.15) is 5.56 Å². The molecule has 0 saturated carbocycles. The van der Waals surface area contributed by atoms with E-state index in [2.05, 4.69) is 5.10 Å². The van der Waals surface area contributed by atoms with Gasteiger partial charge < -0.3 is 0 Å². The van der Waals surface area contributed by atoms with Crippen LogP contribution < -0.4 is 0 Å². The van der Waals surface area contributed by atoms with Crippen molar-refractivity contribution < 1.29 is 8.42 Å². The van der Waals surface area contributed by atoms with Crippen molar-refractivity contribution in [3.8, 4) is 0 Å². The van der Waals surface area contributed by atoms with Gasteiger partial charge in [0.15, 0.2) is 15.0 Å². The minimum absolute atomic E-state index is 0.0505. The highest BCUT2D eigenvalue weighted by Gasteiger charge is 2.48. The molecular formula is C12H13N3O2S2. The van der Waals surface area contributed by atoms with Crippen LogP contribution in [0.2, 0.25) is 0 Å². The van der Waals surface area contributed by atoms with Gasteiger partial charge in [-0.3, -0.25) is 5.41 Å². The third-order valence-electron chi connectivity index (χ3n) is 3.19. The number of benzene rings is 1. The van der Waals surface area contributed by atoms with Gasteiger partial charge in [-0.1, -0.05) is 42.1 Å².